The fraction of sp³-hybridized carbons (Fsp3) is 0.385. The van der Waals surface area contributed by atoms with Crippen LogP contribution in [0.2, 0.25) is 0 Å². The summed E-state index contributed by atoms with van der Waals surface area (Å²) < 4.78 is 4.67. The molecule has 8 heteroatoms. The van der Waals surface area contributed by atoms with Crippen LogP contribution in [-0.2, 0) is 17.6 Å². The van der Waals surface area contributed by atoms with Crippen molar-refractivity contribution in [3.63, 3.8) is 0 Å². The Labute approximate surface area is 124 Å². The van der Waals surface area contributed by atoms with Gasteiger partial charge in [-0.15, -0.1) is 11.3 Å². The lowest BCUT2D eigenvalue weighted by atomic mass is 10.2. The van der Waals surface area contributed by atoms with E-state index in [1.54, 1.807) is 6.92 Å². The zero-order valence-corrected chi connectivity index (χ0v) is 12.5. The number of hydrogen-bond donors (Lipinski definition) is 2. The number of aromatic nitrogens is 3. The average molecular weight is 306 g/mol. The molecule has 1 amide bonds. The molecule has 0 saturated heterocycles. The van der Waals surface area contributed by atoms with Crippen molar-refractivity contribution in [3.05, 3.63) is 27.5 Å². The molecule has 0 saturated carbocycles. The van der Waals surface area contributed by atoms with Gasteiger partial charge in [0, 0.05) is 10.6 Å². The topological polar surface area (TPSA) is 97.0 Å². The van der Waals surface area contributed by atoms with Crippen LogP contribution in [0.3, 0.4) is 0 Å². The van der Waals surface area contributed by atoms with E-state index in [9.17, 15) is 9.59 Å². The fourth-order valence-electron chi connectivity index (χ4n) is 2.35. The molecule has 21 heavy (non-hydrogen) atoms. The molecule has 1 aliphatic rings. The molecule has 0 fully saturated rings. The van der Waals surface area contributed by atoms with E-state index in [1.807, 2.05) is 0 Å². The first-order valence-corrected chi connectivity index (χ1v) is 7.35. The molecule has 3 rings (SSSR count). The Morgan fingerprint density at radius 3 is 2.90 bits per heavy atom. The molecule has 0 radical (unpaired) electrons. The first-order chi connectivity index (χ1) is 10.1. The van der Waals surface area contributed by atoms with Crippen LogP contribution in [0, 0.1) is 6.92 Å². The lowest BCUT2D eigenvalue weighted by Crippen LogP contribution is -2.17. The van der Waals surface area contributed by atoms with Crippen molar-refractivity contribution < 1.29 is 14.3 Å². The maximum Gasteiger partial charge on any atom is 0.342 e. The number of thiazole rings is 1. The third-order valence-corrected chi connectivity index (χ3v) is 4.44. The van der Waals surface area contributed by atoms with Crippen molar-refractivity contribution >= 4 is 28.3 Å². The standard InChI is InChI=1S/C13H14N4O3S/c1-6-9(12(19)20-2)10(17-16-6)11(18)15-13-14-7-4-3-5-8(7)21-13/h3-5H2,1-2H3,(H,16,17)(H,14,15,18). The minimum Gasteiger partial charge on any atom is -0.465 e. The third kappa shape index (κ3) is 2.42. The molecular formula is C13H14N4O3S. The number of H-pyrrole nitrogens is 1. The van der Waals surface area contributed by atoms with E-state index in [-0.39, 0.29) is 11.3 Å². The quantitative estimate of drug-likeness (QED) is 0.841. The van der Waals surface area contributed by atoms with E-state index in [1.165, 1.54) is 23.3 Å². The summed E-state index contributed by atoms with van der Waals surface area (Å²) in [6, 6.07) is 0. The highest BCUT2D eigenvalue weighted by molar-refractivity contribution is 7.16. The number of anilines is 1. The SMILES string of the molecule is COC(=O)c1c(C(=O)Nc2nc3c(s2)CCC3)n[nH]c1C. The Kier molecular flexibility index (Phi) is 3.46. The highest BCUT2D eigenvalue weighted by atomic mass is 32.1. The summed E-state index contributed by atoms with van der Waals surface area (Å²) >= 11 is 1.47. The minimum atomic E-state index is -0.590. The maximum atomic E-state index is 12.3. The summed E-state index contributed by atoms with van der Waals surface area (Å²) in [7, 11) is 1.27. The zero-order chi connectivity index (χ0) is 15.0. The molecule has 110 valence electrons. The van der Waals surface area contributed by atoms with Gasteiger partial charge in [-0.3, -0.25) is 15.2 Å². The first kappa shape index (κ1) is 13.7. The lowest BCUT2D eigenvalue weighted by molar-refractivity contribution is 0.0596. The van der Waals surface area contributed by atoms with E-state index >= 15 is 0 Å². The second-order valence-corrected chi connectivity index (χ2v) is 5.84. The number of hydrogen-bond acceptors (Lipinski definition) is 6. The van der Waals surface area contributed by atoms with E-state index < -0.39 is 11.9 Å². The van der Waals surface area contributed by atoms with Gasteiger partial charge in [0.05, 0.1) is 12.8 Å². The summed E-state index contributed by atoms with van der Waals surface area (Å²) in [5.74, 6) is -1.06. The summed E-state index contributed by atoms with van der Waals surface area (Å²) in [6.45, 7) is 1.66. The smallest absolute Gasteiger partial charge is 0.342 e. The number of aryl methyl sites for hydroxylation is 3. The predicted octanol–water partition coefficient (Wildman–Crippen LogP) is 1.70. The number of carbonyl (C=O) groups excluding carboxylic acids is 2. The second-order valence-electron chi connectivity index (χ2n) is 4.76. The van der Waals surface area contributed by atoms with Crippen LogP contribution in [0.4, 0.5) is 5.13 Å². The number of esters is 1. The number of nitrogens with one attached hydrogen (secondary N) is 2. The van der Waals surface area contributed by atoms with Crippen molar-refractivity contribution in [2.24, 2.45) is 0 Å². The molecule has 7 nitrogen and oxygen atoms in total. The molecule has 1 aliphatic carbocycles. The van der Waals surface area contributed by atoms with Gasteiger partial charge in [0.2, 0.25) is 0 Å². The Hall–Kier alpha value is -2.22. The van der Waals surface area contributed by atoms with E-state index in [0.717, 1.165) is 25.0 Å². The van der Waals surface area contributed by atoms with Gasteiger partial charge in [-0.1, -0.05) is 0 Å². The molecule has 0 atom stereocenters. The van der Waals surface area contributed by atoms with Crippen molar-refractivity contribution in [1.82, 2.24) is 15.2 Å². The van der Waals surface area contributed by atoms with Gasteiger partial charge in [0.1, 0.15) is 5.56 Å². The van der Waals surface area contributed by atoms with Gasteiger partial charge < -0.3 is 4.74 Å². The number of carbonyl (C=O) groups is 2. The van der Waals surface area contributed by atoms with Gasteiger partial charge in [0.15, 0.2) is 10.8 Å². The maximum absolute atomic E-state index is 12.3. The molecule has 0 unspecified atom stereocenters. The Morgan fingerprint density at radius 1 is 1.38 bits per heavy atom. The molecule has 2 aromatic heterocycles. The Morgan fingerprint density at radius 2 is 2.19 bits per heavy atom. The number of methoxy groups -OCH3 is 1. The van der Waals surface area contributed by atoms with Crippen LogP contribution in [-0.4, -0.2) is 34.2 Å². The number of ether oxygens (including phenoxy) is 1. The van der Waals surface area contributed by atoms with Crippen molar-refractivity contribution in [3.8, 4) is 0 Å². The number of nitrogens with zero attached hydrogens (tertiary/aromatic N) is 2. The van der Waals surface area contributed by atoms with Gasteiger partial charge in [0.25, 0.3) is 5.91 Å². The Balaban J connectivity index is 1.83. The van der Waals surface area contributed by atoms with E-state index in [2.05, 4.69) is 25.2 Å². The molecule has 0 aromatic carbocycles. The molecule has 2 heterocycles. The number of fused-ring (bicyclic) bond motifs is 1. The largest absolute Gasteiger partial charge is 0.465 e. The molecule has 0 aliphatic heterocycles. The zero-order valence-electron chi connectivity index (χ0n) is 11.6. The summed E-state index contributed by atoms with van der Waals surface area (Å²) in [5, 5.41) is 9.75. The van der Waals surface area contributed by atoms with Crippen molar-refractivity contribution in [1.29, 1.82) is 0 Å². The van der Waals surface area contributed by atoms with Crippen molar-refractivity contribution in [2.75, 3.05) is 12.4 Å². The summed E-state index contributed by atoms with van der Waals surface area (Å²) in [4.78, 5) is 29.6. The molecular weight excluding hydrogens is 292 g/mol. The van der Waals surface area contributed by atoms with Crippen LogP contribution >= 0.6 is 11.3 Å². The number of rotatable bonds is 3. The monoisotopic (exact) mass is 306 g/mol. The second kappa shape index (κ2) is 5.28. The molecule has 2 N–H and O–H groups in total. The van der Waals surface area contributed by atoms with Crippen LogP contribution in [0.1, 0.15) is 43.5 Å². The molecule has 0 spiro atoms. The first-order valence-electron chi connectivity index (χ1n) is 6.53. The molecule has 2 aromatic rings. The van der Waals surface area contributed by atoms with Crippen LogP contribution < -0.4 is 5.32 Å². The Bertz CT molecular complexity index is 698. The van der Waals surface area contributed by atoms with Gasteiger partial charge in [-0.25, -0.2) is 9.78 Å². The highest BCUT2D eigenvalue weighted by Gasteiger charge is 2.25. The van der Waals surface area contributed by atoms with Crippen LogP contribution in [0.5, 0.6) is 0 Å². The number of aromatic amines is 1. The number of amides is 1. The summed E-state index contributed by atoms with van der Waals surface area (Å²) in [6.07, 6.45) is 3.09. The van der Waals surface area contributed by atoms with E-state index in [0.29, 0.717) is 10.8 Å². The van der Waals surface area contributed by atoms with Gasteiger partial charge in [-0.2, -0.15) is 5.10 Å². The van der Waals surface area contributed by atoms with Crippen LogP contribution in [0.25, 0.3) is 0 Å². The van der Waals surface area contributed by atoms with E-state index in [4.69, 9.17) is 0 Å². The predicted molar refractivity (Wildman–Crippen MR) is 76.8 cm³/mol. The lowest BCUT2D eigenvalue weighted by Gasteiger charge is -2.02. The van der Waals surface area contributed by atoms with Gasteiger partial charge in [-0.05, 0) is 26.2 Å². The third-order valence-electron chi connectivity index (χ3n) is 3.37. The summed E-state index contributed by atoms with van der Waals surface area (Å²) in [5.41, 5.74) is 1.73. The highest BCUT2D eigenvalue weighted by Crippen LogP contribution is 2.30. The van der Waals surface area contributed by atoms with Crippen molar-refractivity contribution in [2.45, 2.75) is 26.2 Å². The molecule has 0 bridgehead atoms. The minimum absolute atomic E-state index is 0.0229. The van der Waals surface area contributed by atoms with Gasteiger partial charge >= 0.3 is 5.97 Å². The van der Waals surface area contributed by atoms with Crippen LogP contribution in [0.15, 0.2) is 0 Å². The average Bonchev–Trinajstić information content (AvgIpc) is 3.12. The fourth-order valence-corrected chi connectivity index (χ4v) is 3.39. The normalized spacial score (nSPS) is 13.0.